The van der Waals surface area contributed by atoms with Crippen LogP contribution in [0, 0.1) is 0 Å². The van der Waals surface area contributed by atoms with Crippen LogP contribution in [0.5, 0.6) is 5.75 Å². The summed E-state index contributed by atoms with van der Waals surface area (Å²) in [5.41, 5.74) is -0.423. The minimum Gasteiger partial charge on any atom is -0.465 e. The third-order valence-corrected chi connectivity index (χ3v) is 2.29. The van der Waals surface area contributed by atoms with E-state index in [9.17, 15) is 18.4 Å². The molecule has 0 radical (unpaired) electrons. The summed E-state index contributed by atoms with van der Waals surface area (Å²) in [5, 5.41) is -0.287. The van der Waals surface area contributed by atoms with E-state index in [1.807, 2.05) is 0 Å². The van der Waals surface area contributed by atoms with Gasteiger partial charge in [0, 0.05) is 0 Å². The van der Waals surface area contributed by atoms with Crippen molar-refractivity contribution in [3.8, 4) is 5.75 Å². The minimum atomic E-state index is -3.09. The van der Waals surface area contributed by atoms with Crippen LogP contribution >= 0.6 is 11.6 Å². The SMILES string of the molecule is COC(=O)c1ccc(OC(F)F)c(C=O)c1Cl. The van der Waals surface area contributed by atoms with Crippen LogP contribution in [0.4, 0.5) is 8.78 Å². The Balaban J connectivity index is 3.26. The van der Waals surface area contributed by atoms with E-state index in [-0.39, 0.29) is 22.4 Å². The Bertz CT molecular complexity index is 448. The van der Waals surface area contributed by atoms with Gasteiger partial charge in [0.15, 0.2) is 6.29 Å². The number of halogens is 3. The number of methoxy groups -OCH3 is 1. The number of esters is 1. The number of hydrogen-bond acceptors (Lipinski definition) is 4. The van der Waals surface area contributed by atoms with Crippen LogP contribution in [-0.2, 0) is 4.74 Å². The lowest BCUT2D eigenvalue weighted by Crippen LogP contribution is -2.08. The molecule has 0 aromatic heterocycles. The first-order valence-corrected chi connectivity index (χ1v) is 4.69. The number of hydrogen-bond donors (Lipinski definition) is 0. The van der Waals surface area contributed by atoms with E-state index in [0.29, 0.717) is 0 Å². The van der Waals surface area contributed by atoms with Gasteiger partial charge in [0.2, 0.25) is 0 Å². The molecule has 1 aromatic rings. The van der Waals surface area contributed by atoms with Crippen LogP contribution in [0.3, 0.4) is 0 Å². The molecule has 0 aliphatic carbocycles. The number of ether oxygens (including phenoxy) is 2. The summed E-state index contributed by atoms with van der Waals surface area (Å²) in [6.45, 7) is -3.09. The van der Waals surface area contributed by atoms with Crippen LogP contribution in [0.15, 0.2) is 12.1 Å². The summed E-state index contributed by atoms with van der Waals surface area (Å²) in [4.78, 5) is 22.0. The first kappa shape index (κ1) is 13.4. The average molecular weight is 265 g/mol. The highest BCUT2D eigenvalue weighted by molar-refractivity contribution is 6.36. The first-order chi connectivity index (χ1) is 8.01. The third kappa shape index (κ3) is 2.91. The summed E-state index contributed by atoms with van der Waals surface area (Å²) < 4.78 is 32.5. The number of carbonyl (C=O) groups excluding carboxylic acids is 2. The van der Waals surface area contributed by atoms with Crippen molar-refractivity contribution < 1.29 is 27.8 Å². The normalized spacial score (nSPS) is 10.2. The molecule has 17 heavy (non-hydrogen) atoms. The van der Waals surface area contributed by atoms with Gasteiger partial charge in [-0.3, -0.25) is 4.79 Å². The number of carbonyl (C=O) groups is 2. The minimum absolute atomic E-state index is 0.0992. The molecule has 0 fully saturated rings. The van der Waals surface area contributed by atoms with Crippen LogP contribution < -0.4 is 4.74 Å². The second-order valence-electron chi connectivity index (χ2n) is 2.83. The van der Waals surface area contributed by atoms with Crippen molar-refractivity contribution in [3.05, 3.63) is 28.3 Å². The molecular formula is C10H7ClF2O4. The Kier molecular flexibility index (Phi) is 4.39. The van der Waals surface area contributed by atoms with E-state index in [1.165, 1.54) is 0 Å². The van der Waals surface area contributed by atoms with E-state index in [0.717, 1.165) is 19.2 Å². The quantitative estimate of drug-likeness (QED) is 0.619. The van der Waals surface area contributed by atoms with Crippen LogP contribution in [-0.4, -0.2) is 26.0 Å². The van der Waals surface area contributed by atoms with Gasteiger partial charge in [-0.2, -0.15) is 8.78 Å². The number of rotatable bonds is 4. The predicted octanol–water partition coefficient (Wildman–Crippen LogP) is 2.54. The van der Waals surface area contributed by atoms with Crippen molar-refractivity contribution in [1.29, 1.82) is 0 Å². The van der Waals surface area contributed by atoms with Gasteiger partial charge in [-0.25, -0.2) is 4.79 Å². The molecule has 0 aliphatic heterocycles. The second-order valence-corrected chi connectivity index (χ2v) is 3.20. The van der Waals surface area contributed by atoms with Gasteiger partial charge in [-0.05, 0) is 12.1 Å². The van der Waals surface area contributed by atoms with Gasteiger partial charge < -0.3 is 9.47 Å². The van der Waals surface area contributed by atoms with Crippen LogP contribution in [0.25, 0.3) is 0 Å². The van der Waals surface area contributed by atoms with Gasteiger partial charge >= 0.3 is 12.6 Å². The zero-order chi connectivity index (χ0) is 13.0. The zero-order valence-corrected chi connectivity index (χ0v) is 9.33. The maximum atomic E-state index is 12.0. The highest BCUT2D eigenvalue weighted by Gasteiger charge is 2.19. The molecule has 0 N–H and O–H groups in total. The fourth-order valence-electron chi connectivity index (χ4n) is 1.15. The van der Waals surface area contributed by atoms with Crippen molar-refractivity contribution in [2.45, 2.75) is 6.61 Å². The predicted molar refractivity (Wildman–Crippen MR) is 54.8 cm³/mol. The molecule has 7 heteroatoms. The molecule has 0 bridgehead atoms. The summed E-state index contributed by atoms with van der Waals surface area (Å²) in [5.74, 6) is -1.17. The average Bonchev–Trinajstić information content (AvgIpc) is 2.28. The molecule has 0 heterocycles. The molecule has 0 spiro atoms. The van der Waals surface area contributed by atoms with Gasteiger partial charge in [-0.1, -0.05) is 11.6 Å². The number of alkyl halides is 2. The molecule has 1 aromatic carbocycles. The maximum absolute atomic E-state index is 12.0. The number of benzene rings is 1. The Hall–Kier alpha value is -1.69. The molecule has 0 saturated carbocycles. The highest BCUT2D eigenvalue weighted by atomic mass is 35.5. The molecule has 0 aliphatic rings. The lowest BCUT2D eigenvalue weighted by molar-refractivity contribution is -0.0500. The lowest BCUT2D eigenvalue weighted by atomic mass is 10.1. The molecule has 0 saturated heterocycles. The van der Waals surface area contributed by atoms with E-state index < -0.39 is 18.3 Å². The topological polar surface area (TPSA) is 52.6 Å². The van der Waals surface area contributed by atoms with Crippen LogP contribution in [0.2, 0.25) is 5.02 Å². The Morgan fingerprint density at radius 3 is 2.59 bits per heavy atom. The van der Waals surface area contributed by atoms with E-state index in [1.54, 1.807) is 0 Å². The van der Waals surface area contributed by atoms with Crippen molar-refractivity contribution in [2.24, 2.45) is 0 Å². The van der Waals surface area contributed by atoms with E-state index >= 15 is 0 Å². The maximum Gasteiger partial charge on any atom is 0.387 e. The monoisotopic (exact) mass is 264 g/mol. The zero-order valence-electron chi connectivity index (χ0n) is 8.58. The van der Waals surface area contributed by atoms with Gasteiger partial charge in [0.1, 0.15) is 5.75 Å². The van der Waals surface area contributed by atoms with E-state index in [4.69, 9.17) is 11.6 Å². The van der Waals surface area contributed by atoms with Crippen molar-refractivity contribution in [1.82, 2.24) is 0 Å². The molecule has 0 amide bonds. The van der Waals surface area contributed by atoms with Crippen molar-refractivity contribution in [2.75, 3.05) is 7.11 Å². The van der Waals surface area contributed by atoms with Crippen molar-refractivity contribution >= 4 is 23.9 Å². The molecule has 1 rings (SSSR count). The fourth-order valence-corrected chi connectivity index (χ4v) is 1.43. The summed E-state index contributed by atoms with van der Waals surface area (Å²) in [6, 6.07) is 2.19. The molecular weight excluding hydrogens is 258 g/mol. The third-order valence-electron chi connectivity index (χ3n) is 1.88. The smallest absolute Gasteiger partial charge is 0.387 e. The second kappa shape index (κ2) is 5.58. The van der Waals surface area contributed by atoms with Crippen LogP contribution in [0.1, 0.15) is 20.7 Å². The Morgan fingerprint density at radius 1 is 1.47 bits per heavy atom. The van der Waals surface area contributed by atoms with Gasteiger partial charge in [0.05, 0.1) is 23.3 Å². The standard InChI is InChI=1S/C10H7ClF2O4/c1-16-9(15)5-2-3-7(17-10(12)13)6(4-14)8(5)11/h2-4,10H,1H3. The molecule has 92 valence electrons. The summed E-state index contributed by atoms with van der Waals surface area (Å²) >= 11 is 5.71. The summed E-state index contributed by atoms with van der Waals surface area (Å²) in [6.07, 6.45) is 0.229. The van der Waals surface area contributed by atoms with E-state index in [2.05, 4.69) is 9.47 Å². The first-order valence-electron chi connectivity index (χ1n) is 4.32. The lowest BCUT2D eigenvalue weighted by Gasteiger charge is -2.10. The summed E-state index contributed by atoms with van der Waals surface area (Å²) in [7, 11) is 1.13. The largest absolute Gasteiger partial charge is 0.465 e. The molecule has 0 atom stereocenters. The molecule has 0 unspecified atom stereocenters. The highest BCUT2D eigenvalue weighted by Crippen LogP contribution is 2.30. The van der Waals surface area contributed by atoms with Crippen molar-refractivity contribution in [3.63, 3.8) is 0 Å². The molecule has 4 nitrogen and oxygen atoms in total. The van der Waals surface area contributed by atoms with Gasteiger partial charge in [-0.15, -0.1) is 0 Å². The van der Waals surface area contributed by atoms with Gasteiger partial charge in [0.25, 0.3) is 0 Å². The number of aldehydes is 1. The Labute approximate surface area is 100 Å². The fraction of sp³-hybridized carbons (Fsp3) is 0.200. The Morgan fingerprint density at radius 2 is 2.12 bits per heavy atom.